The molecule has 4 rings (SSSR count). The highest BCUT2D eigenvalue weighted by Crippen LogP contribution is 2.48. The van der Waals surface area contributed by atoms with Gasteiger partial charge >= 0.3 is 5.97 Å². The number of β-amino-alcohol motifs (C(OH)–C–C–N with tert-alkyl or cyclic N) is 1. The number of halogens is 1. The fraction of sp³-hybridized carbons (Fsp3) is 0.370. The third-order valence-corrected chi connectivity index (χ3v) is 7.50. The molecule has 0 spiro atoms. The van der Waals surface area contributed by atoms with Gasteiger partial charge in [-0.2, -0.15) is 5.26 Å². The van der Waals surface area contributed by atoms with Crippen LogP contribution in [-0.4, -0.2) is 64.8 Å². The first-order valence-electron chi connectivity index (χ1n) is 12.6. The van der Waals surface area contributed by atoms with Gasteiger partial charge in [0.15, 0.2) is 5.96 Å². The molecule has 2 aromatic carbocycles. The van der Waals surface area contributed by atoms with Gasteiger partial charge in [0.2, 0.25) is 5.91 Å². The number of nitrogens with one attached hydrogen (secondary N) is 4. The number of hydrogen-bond donors (Lipinski definition) is 7. The zero-order chi connectivity index (χ0) is 28.9. The summed E-state index contributed by atoms with van der Waals surface area (Å²) in [5.41, 5.74) is 2.21. The number of nitrogens with zero attached hydrogens (tertiary/aromatic N) is 2. The molecule has 210 valence electrons. The highest BCUT2D eigenvalue weighted by molar-refractivity contribution is 14.1. The maximum atomic E-state index is 12.8. The Morgan fingerprint density at radius 3 is 2.60 bits per heavy atom. The minimum atomic E-state index is -1.11. The first-order chi connectivity index (χ1) is 19.1. The van der Waals surface area contributed by atoms with Crippen molar-refractivity contribution in [3.8, 4) is 11.8 Å². The van der Waals surface area contributed by atoms with Crippen molar-refractivity contribution >= 4 is 52.0 Å². The van der Waals surface area contributed by atoms with Crippen LogP contribution in [0.15, 0.2) is 41.4 Å². The van der Waals surface area contributed by atoms with Crippen LogP contribution in [0, 0.1) is 11.3 Å². The Morgan fingerprint density at radius 2 is 1.98 bits per heavy atom. The lowest BCUT2D eigenvalue weighted by Crippen LogP contribution is -2.42. The lowest BCUT2D eigenvalue weighted by atomic mass is 9.91. The number of aliphatic carboxylic acids is 1. The summed E-state index contributed by atoms with van der Waals surface area (Å²) in [6.07, 6.45) is 0.493. The lowest BCUT2D eigenvalue weighted by Gasteiger charge is -2.21. The molecule has 1 aliphatic heterocycles. The summed E-state index contributed by atoms with van der Waals surface area (Å²) in [6.45, 7) is 0.0850. The molecule has 1 fully saturated rings. The zero-order valence-electron chi connectivity index (χ0n) is 21.4. The van der Waals surface area contributed by atoms with Gasteiger partial charge in [0.25, 0.3) is 5.91 Å². The second-order valence-electron chi connectivity index (χ2n) is 9.81. The van der Waals surface area contributed by atoms with Crippen LogP contribution in [0.3, 0.4) is 0 Å². The number of alkyl halides is 1. The smallest absolute Gasteiger partial charge is 0.305 e. The molecule has 1 aliphatic carbocycles. The summed E-state index contributed by atoms with van der Waals surface area (Å²) < 4.78 is 0.649. The van der Waals surface area contributed by atoms with Crippen molar-refractivity contribution in [3.63, 3.8) is 0 Å². The van der Waals surface area contributed by atoms with Crippen LogP contribution in [-0.2, 0) is 19.4 Å². The quantitative estimate of drug-likeness (QED) is 0.147. The van der Waals surface area contributed by atoms with Crippen molar-refractivity contribution in [1.82, 2.24) is 16.0 Å². The largest absolute Gasteiger partial charge is 0.508 e. The molecule has 0 aromatic heterocycles. The maximum Gasteiger partial charge on any atom is 0.305 e. The molecule has 1 heterocycles. The minimum absolute atomic E-state index is 0.0828. The monoisotopic (exact) mass is 660 g/mol. The van der Waals surface area contributed by atoms with Crippen LogP contribution in [0.1, 0.15) is 52.4 Å². The Kier molecular flexibility index (Phi) is 9.10. The van der Waals surface area contributed by atoms with E-state index in [0.29, 0.717) is 28.2 Å². The number of aliphatic imine (C=N–C) groups is 1. The molecule has 1 saturated carbocycles. The van der Waals surface area contributed by atoms with Gasteiger partial charge in [-0.1, -0.05) is 40.8 Å². The number of anilines is 1. The molecule has 2 aliphatic rings. The van der Waals surface area contributed by atoms with Crippen LogP contribution in [0.2, 0.25) is 0 Å². The van der Waals surface area contributed by atoms with E-state index >= 15 is 0 Å². The van der Waals surface area contributed by atoms with Gasteiger partial charge in [-0.3, -0.25) is 19.4 Å². The second kappa shape index (κ2) is 12.5. The molecule has 40 heavy (non-hydrogen) atoms. The number of carbonyl (C=O) groups is 3. The molecule has 0 bridgehead atoms. The van der Waals surface area contributed by atoms with E-state index in [-0.39, 0.29) is 24.3 Å². The lowest BCUT2D eigenvalue weighted by molar-refractivity contribution is -0.137. The SMILES string of the molecule is N#CC1(c2cc(CI)cc([C@H](CC(=O)O)NC(=O)CNC(=O)c3cc(O)cc(NC4=NCC(O)CN4)c3)c2)CC1. The van der Waals surface area contributed by atoms with E-state index in [1.54, 1.807) is 6.07 Å². The van der Waals surface area contributed by atoms with Gasteiger partial charge < -0.3 is 36.6 Å². The molecule has 0 radical (unpaired) electrons. The summed E-state index contributed by atoms with van der Waals surface area (Å²) in [4.78, 5) is 41.3. The number of aliphatic hydroxyl groups is 1. The molecule has 1 unspecified atom stereocenters. The number of phenolic OH excluding ortho intramolecular Hbond substituents is 1. The molecule has 7 N–H and O–H groups in total. The summed E-state index contributed by atoms with van der Waals surface area (Å²) in [5, 5.41) is 49.8. The molecule has 2 atom stereocenters. The average molecular weight is 660 g/mol. The van der Waals surface area contributed by atoms with E-state index < -0.39 is 41.9 Å². The highest BCUT2D eigenvalue weighted by atomic mass is 127. The van der Waals surface area contributed by atoms with Gasteiger partial charge in [-0.25, -0.2) is 0 Å². The van der Waals surface area contributed by atoms with E-state index in [1.165, 1.54) is 18.2 Å². The Hall–Kier alpha value is -3.90. The number of carboxylic acid groups (broad SMARTS) is 1. The van der Waals surface area contributed by atoms with Crippen molar-refractivity contribution in [1.29, 1.82) is 5.26 Å². The van der Waals surface area contributed by atoms with Gasteiger partial charge in [0.1, 0.15) is 5.75 Å². The Bertz CT molecular complexity index is 1390. The number of guanidine groups is 1. The van der Waals surface area contributed by atoms with Crippen LogP contribution in [0.4, 0.5) is 5.69 Å². The molecule has 12 nitrogen and oxygen atoms in total. The number of carbonyl (C=O) groups excluding carboxylic acids is 2. The number of phenols is 1. The summed E-state index contributed by atoms with van der Waals surface area (Å²) in [5.74, 6) is -2.14. The van der Waals surface area contributed by atoms with Crippen LogP contribution in [0.5, 0.6) is 5.75 Å². The molecule has 0 saturated heterocycles. The second-order valence-corrected chi connectivity index (χ2v) is 10.6. The predicted octanol–water partition coefficient (Wildman–Crippen LogP) is 1.68. The average Bonchev–Trinajstić information content (AvgIpc) is 3.73. The molecule has 2 amide bonds. The third kappa shape index (κ3) is 7.39. The molecular weight excluding hydrogens is 631 g/mol. The molecular formula is C27H29IN6O6. The van der Waals surface area contributed by atoms with E-state index in [4.69, 9.17) is 0 Å². The predicted molar refractivity (Wildman–Crippen MR) is 154 cm³/mol. The number of nitriles is 1. The fourth-order valence-electron chi connectivity index (χ4n) is 4.36. The number of amides is 2. The van der Waals surface area contributed by atoms with Crippen molar-refractivity contribution in [2.75, 3.05) is 25.0 Å². The number of rotatable bonds is 10. The van der Waals surface area contributed by atoms with Crippen LogP contribution >= 0.6 is 22.6 Å². The molecule has 2 aromatic rings. The maximum absolute atomic E-state index is 12.8. The number of benzene rings is 2. The Labute approximate surface area is 244 Å². The zero-order valence-corrected chi connectivity index (χ0v) is 23.6. The summed E-state index contributed by atoms with van der Waals surface area (Å²) in [6, 6.07) is 11.1. The van der Waals surface area contributed by atoms with E-state index in [1.807, 2.05) is 12.1 Å². The van der Waals surface area contributed by atoms with Crippen LogP contribution in [0.25, 0.3) is 0 Å². The topological polar surface area (TPSA) is 196 Å². The van der Waals surface area contributed by atoms with Gasteiger partial charge in [-0.15, -0.1) is 0 Å². The van der Waals surface area contributed by atoms with Crippen LogP contribution < -0.4 is 21.3 Å². The normalized spacial score (nSPS) is 17.8. The number of aromatic hydroxyl groups is 1. The van der Waals surface area contributed by atoms with Crippen molar-refractivity contribution in [2.24, 2.45) is 4.99 Å². The van der Waals surface area contributed by atoms with Gasteiger partial charge in [-0.05, 0) is 41.7 Å². The van der Waals surface area contributed by atoms with E-state index in [2.05, 4.69) is 54.9 Å². The number of hydrogen-bond acceptors (Lipinski definition) is 9. The number of carboxylic acids is 1. The Morgan fingerprint density at radius 1 is 1.20 bits per heavy atom. The fourth-order valence-corrected chi connectivity index (χ4v) is 4.80. The number of aliphatic hydroxyl groups excluding tert-OH is 1. The third-order valence-electron chi connectivity index (χ3n) is 6.62. The van der Waals surface area contributed by atoms with Crippen molar-refractivity contribution < 1.29 is 29.7 Å². The van der Waals surface area contributed by atoms with Crippen molar-refractivity contribution in [3.05, 3.63) is 58.7 Å². The molecule has 13 heteroatoms. The van der Waals surface area contributed by atoms with Gasteiger partial charge in [0, 0.05) is 28.3 Å². The first kappa shape index (κ1) is 29.1. The summed E-state index contributed by atoms with van der Waals surface area (Å²) in [7, 11) is 0. The van der Waals surface area contributed by atoms with E-state index in [0.717, 1.165) is 24.0 Å². The Balaban J connectivity index is 1.43. The standard InChI is InChI=1S/C27H29IN6O6/c28-10-15-3-16(5-18(4-15)27(14-29)1-2-27)22(9-24(38)39)34-23(37)13-30-25(40)17-6-19(8-20(35)7-17)33-26-31-11-21(36)12-32-26/h3-8,21-22,35-36H,1-2,9-13H2,(H,30,40)(H,34,37)(H,38,39)(H2,31,32,33)/t22-/m0/s1. The van der Waals surface area contributed by atoms with E-state index in [9.17, 15) is 35.0 Å². The van der Waals surface area contributed by atoms with Crippen molar-refractivity contribution in [2.45, 2.75) is 41.3 Å². The minimum Gasteiger partial charge on any atom is -0.508 e. The summed E-state index contributed by atoms with van der Waals surface area (Å²) >= 11 is 2.19. The first-order valence-corrected chi connectivity index (χ1v) is 14.1. The highest BCUT2D eigenvalue weighted by Gasteiger charge is 2.45. The van der Waals surface area contributed by atoms with Gasteiger partial charge in [0.05, 0.1) is 43.1 Å².